The molecular weight excluding hydrogens is 330 g/mol. The molecule has 1 fully saturated rings. The third-order valence-corrected chi connectivity index (χ3v) is 4.45. The Morgan fingerprint density at radius 2 is 2.29 bits per heavy atom. The molecule has 0 aliphatic carbocycles. The van der Waals surface area contributed by atoms with Gasteiger partial charge in [-0.05, 0) is 31.0 Å². The van der Waals surface area contributed by atoms with Crippen LogP contribution in [-0.4, -0.2) is 27.9 Å². The summed E-state index contributed by atoms with van der Waals surface area (Å²) in [4.78, 5) is 2.29. The van der Waals surface area contributed by atoms with Gasteiger partial charge in [-0.1, -0.05) is 15.9 Å². The number of aryl methyl sites for hydroxylation is 1. The van der Waals surface area contributed by atoms with Gasteiger partial charge in [-0.15, -0.1) is 10.2 Å². The number of anilines is 1. The van der Waals surface area contributed by atoms with Crippen LogP contribution in [0.1, 0.15) is 30.1 Å². The monoisotopic (exact) mass is 345 g/mol. The third-order valence-electron chi connectivity index (χ3n) is 3.95. The molecule has 0 amide bonds. The van der Waals surface area contributed by atoms with Crippen molar-refractivity contribution >= 4 is 21.6 Å². The van der Waals surface area contributed by atoms with E-state index in [1.165, 1.54) is 0 Å². The topological polar surface area (TPSA) is 57.7 Å². The molecule has 1 aliphatic heterocycles. The summed E-state index contributed by atoms with van der Waals surface area (Å²) in [6.07, 6.45) is 3.95. The Morgan fingerprint density at radius 1 is 1.43 bits per heavy atom. The Morgan fingerprint density at radius 3 is 3.00 bits per heavy atom. The second-order valence-corrected chi connectivity index (χ2v) is 6.27. The van der Waals surface area contributed by atoms with Crippen molar-refractivity contribution in [2.75, 3.05) is 18.0 Å². The first kappa shape index (κ1) is 14.1. The van der Waals surface area contributed by atoms with Crippen LogP contribution in [0.15, 0.2) is 29.0 Å². The van der Waals surface area contributed by atoms with Crippen molar-refractivity contribution in [3.63, 3.8) is 0 Å². The van der Waals surface area contributed by atoms with Gasteiger partial charge in [0.05, 0.1) is 11.3 Å². The van der Waals surface area contributed by atoms with Gasteiger partial charge in [0.15, 0.2) is 0 Å². The van der Waals surface area contributed by atoms with Crippen LogP contribution >= 0.6 is 15.9 Å². The minimum absolute atomic E-state index is 0.362. The van der Waals surface area contributed by atoms with E-state index >= 15 is 0 Å². The smallest absolute Gasteiger partial charge is 0.137 e. The van der Waals surface area contributed by atoms with E-state index in [1.807, 2.05) is 29.8 Å². The first-order chi connectivity index (χ1) is 10.2. The summed E-state index contributed by atoms with van der Waals surface area (Å²) in [6, 6.07) is 8.17. The van der Waals surface area contributed by atoms with E-state index in [0.29, 0.717) is 11.5 Å². The molecule has 0 N–H and O–H groups in total. The molecule has 21 heavy (non-hydrogen) atoms. The lowest BCUT2D eigenvalue weighted by molar-refractivity contribution is 0.480. The van der Waals surface area contributed by atoms with Crippen LogP contribution in [0, 0.1) is 11.3 Å². The standard InChI is InChI=1S/C15H16BrN5/c1-20-10-18-19-15(20)11-3-2-6-21(9-11)14-5-4-13(16)7-12(14)8-17/h4-5,7,10-11H,2-3,6,9H2,1H3. The van der Waals surface area contributed by atoms with Gasteiger partial charge in [-0.25, -0.2) is 0 Å². The zero-order valence-corrected chi connectivity index (χ0v) is 13.4. The lowest BCUT2D eigenvalue weighted by atomic mass is 9.96. The lowest BCUT2D eigenvalue weighted by Crippen LogP contribution is -2.35. The molecule has 1 aliphatic rings. The summed E-state index contributed by atoms with van der Waals surface area (Å²) in [5.74, 6) is 1.39. The van der Waals surface area contributed by atoms with Gasteiger partial charge >= 0.3 is 0 Å². The molecule has 1 atom stereocenters. The van der Waals surface area contributed by atoms with Crippen LogP contribution in [0.3, 0.4) is 0 Å². The van der Waals surface area contributed by atoms with Crippen molar-refractivity contribution < 1.29 is 0 Å². The molecule has 0 spiro atoms. The highest BCUT2D eigenvalue weighted by Crippen LogP contribution is 2.31. The van der Waals surface area contributed by atoms with Gasteiger partial charge in [0, 0.05) is 30.5 Å². The third kappa shape index (κ3) is 2.79. The second kappa shape index (κ2) is 5.86. The predicted molar refractivity (Wildman–Crippen MR) is 84.0 cm³/mol. The highest BCUT2D eigenvalue weighted by Gasteiger charge is 2.26. The Kier molecular flexibility index (Phi) is 3.93. The van der Waals surface area contributed by atoms with Crippen molar-refractivity contribution in [3.8, 4) is 6.07 Å². The van der Waals surface area contributed by atoms with Crippen molar-refractivity contribution in [2.45, 2.75) is 18.8 Å². The quantitative estimate of drug-likeness (QED) is 0.839. The molecule has 2 heterocycles. The van der Waals surface area contributed by atoms with Crippen LogP contribution in [0.25, 0.3) is 0 Å². The number of nitriles is 1. The van der Waals surface area contributed by atoms with Gasteiger partial charge in [-0.2, -0.15) is 5.26 Å². The van der Waals surface area contributed by atoms with E-state index in [2.05, 4.69) is 37.1 Å². The summed E-state index contributed by atoms with van der Waals surface area (Å²) >= 11 is 3.42. The molecule has 6 heteroatoms. The average molecular weight is 346 g/mol. The van der Waals surface area contributed by atoms with Gasteiger partial charge < -0.3 is 9.47 Å². The molecule has 2 aromatic rings. The number of rotatable bonds is 2. The van der Waals surface area contributed by atoms with Crippen LogP contribution in [0.5, 0.6) is 0 Å². The molecule has 5 nitrogen and oxygen atoms in total. The first-order valence-electron chi connectivity index (χ1n) is 6.97. The fourth-order valence-electron chi connectivity index (χ4n) is 2.94. The number of hydrogen-bond donors (Lipinski definition) is 0. The zero-order chi connectivity index (χ0) is 14.8. The van der Waals surface area contributed by atoms with E-state index in [4.69, 9.17) is 0 Å². The maximum Gasteiger partial charge on any atom is 0.137 e. The van der Waals surface area contributed by atoms with E-state index in [1.54, 1.807) is 6.33 Å². The van der Waals surface area contributed by atoms with Gasteiger partial charge in [-0.3, -0.25) is 0 Å². The van der Waals surface area contributed by atoms with Crippen molar-refractivity contribution in [3.05, 3.63) is 40.4 Å². The number of piperidine rings is 1. The fraction of sp³-hybridized carbons (Fsp3) is 0.400. The molecule has 1 unspecified atom stereocenters. The van der Waals surface area contributed by atoms with E-state index < -0.39 is 0 Å². The first-order valence-corrected chi connectivity index (χ1v) is 7.77. The van der Waals surface area contributed by atoms with Crippen molar-refractivity contribution in [1.29, 1.82) is 5.26 Å². The second-order valence-electron chi connectivity index (χ2n) is 5.36. The summed E-state index contributed by atoms with van der Waals surface area (Å²) < 4.78 is 2.92. The number of halogens is 1. The van der Waals surface area contributed by atoms with Crippen LogP contribution in [-0.2, 0) is 7.05 Å². The molecule has 1 saturated heterocycles. The van der Waals surface area contributed by atoms with Crippen LogP contribution in [0.2, 0.25) is 0 Å². The Bertz CT molecular complexity index is 688. The minimum atomic E-state index is 0.362. The lowest BCUT2D eigenvalue weighted by Gasteiger charge is -2.34. The summed E-state index contributed by atoms with van der Waals surface area (Å²) in [5, 5.41) is 17.6. The Labute approximate surface area is 132 Å². The number of aromatic nitrogens is 3. The molecule has 1 aromatic heterocycles. The zero-order valence-electron chi connectivity index (χ0n) is 11.8. The molecule has 1 aromatic carbocycles. The molecular formula is C15H16BrN5. The van der Waals surface area contributed by atoms with E-state index in [-0.39, 0.29) is 0 Å². The normalized spacial score (nSPS) is 18.5. The summed E-state index contributed by atoms with van der Waals surface area (Å²) in [5.41, 5.74) is 1.72. The predicted octanol–water partition coefficient (Wildman–Crippen LogP) is 2.83. The van der Waals surface area contributed by atoms with Crippen molar-refractivity contribution in [1.82, 2.24) is 14.8 Å². The van der Waals surface area contributed by atoms with Gasteiger partial charge in [0.25, 0.3) is 0 Å². The average Bonchev–Trinajstić information content (AvgIpc) is 2.93. The highest BCUT2D eigenvalue weighted by atomic mass is 79.9. The number of benzene rings is 1. The molecule has 0 radical (unpaired) electrons. The molecule has 3 rings (SSSR count). The van der Waals surface area contributed by atoms with Crippen LogP contribution in [0.4, 0.5) is 5.69 Å². The molecule has 0 saturated carbocycles. The Hall–Kier alpha value is -1.87. The minimum Gasteiger partial charge on any atom is -0.370 e. The van der Waals surface area contributed by atoms with E-state index in [9.17, 15) is 5.26 Å². The van der Waals surface area contributed by atoms with Gasteiger partial charge in [0.1, 0.15) is 18.2 Å². The largest absolute Gasteiger partial charge is 0.370 e. The molecule has 0 bridgehead atoms. The maximum atomic E-state index is 9.34. The summed E-state index contributed by atoms with van der Waals surface area (Å²) in [7, 11) is 1.98. The van der Waals surface area contributed by atoms with Crippen LogP contribution < -0.4 is 4.90 Å². The maximum absolute atomic E-state index is 9.34. The van der Waals surface area contributed by atoms with Gasteiger partial charge in [0.2, 0.25) is 0 Å². The fourth-order valence-corrected chi connectivity index (χ4v) is 3.30. The SMILES string of the molecule is Cn1cnnc1C1CCCN(c2ccc(Br)cc2C#N)C1. The summed E-state index contributed by atoms with van der Waals surface area (Å²) in [6.45, 7) is 1.85. The highest BCUT2D eigenvalue weighted by molar-refractivity contribution is 9.10. The van der Waals surface area contributed by atoms with Crippen molar-refractivity contribution in [2.24, 2.45) is 7.05 Å². The number of nitrogens with zero attached hydrogens (tertiary/aromatic N) is 5. The molecule has 108 valence electrons. The van der Waals surface area contributed by atoms with E-state index in [0.717, 1.165) is 41.9 Å². The number of hydrogen-bond acceptors (Lipinski definition) is 4. The Balaban J connectivity index is 1.87.